The standard InChI is InChI=1S/C15H16N2O/c18-15(7-9-16-13-5-6-13)12-4-3-11-2-1-8-17-14(11)10-12/h1-4,8,10,13,16H,5-7,9H2. The van der Waals surface area contributed by atoms with Crippen molar-refractivity contribution in [1.82, 2.24) is 10.3 Å². The molecule has 1 N–H and O–H groups in total. The number of hydrogen-bond acceptors (Lipinski definition) is 3. The molecule has 3 heteroatoms. The third-order valence-electron chi connectivity index (χ3n) is 3.29. The molecular formula is C15H16N2O. The van der Waals surface area contributed by atoms with Crippen LogP contribution in [0, 0.1) is 0 Å². The molecule has 1 aromatic carbocycles. The van der Waals surface area contributed by atoms with Crippen LogP contribution in [0.1, 0.15) is 29.6 Å². The van der Waals surface area contributed by atoms with Crippen LogP contribution in [0.25, 0.3) is 10.9 Å². The van der Waals surface area contributed by atoms with Crippen LogP contribution in [0.15, 0.2) is 36.5 Å². The normalized spacial score (nSPS) is 14.9. The molecule has 0 unspecified atom stereocenters. The molecule has 0 bridgehead atoms. The molecule has 0 amide bonds. The number of benzene rings is 1. The van der Waals surface area contributed by atoms with Gasteiger partial charge in [-0.25, -0.2) is 0 Å². The van der Waals surface area contributed by atoms with E-state index in [4.69, 9.17) is 0 Å². The molecular weight excluding hydrogens is 224 g/mol. The van der Waals surface area contributed by atoms with Gasteiger partial charge in [0.25, 0.3) is 0 Å². The van der Waals surface area contributed by atoms with Gasteiger partial charge in [-0.1, -0.05) is 18.2 Å². The van der Waals surface area contributed by atoms with E-state index in [1.54, 1.807) is 6.20 Å². The van der Waals surface area contributed by atoms with E-state index in [1.807, 2.05) is 30.3 Å². The Morgan fingerprint density at radius 2 is 2.22 bits per heavy atom. The first-order valence-corrected chi connectivity index (χ1v) is 6.44. The zero-order valence-electron chi connectivity index (χ0n) is 10.2. The number of Topliss-reactive ketones (excluding diaryl/α,β-unsaturated/α-hetero) is 1. The maximum Gasteiger partial charge on any atom is 0.164 e. The molecule has 1 fully saturated rings. The summed E-state index contributed by atoms with van der Waals surface area (Å²) in [6.45, 7) is 0.782. The highest BCUT2D eigenvalue weighted by Crippen LogP contribution is 2.19. The highest BCUT2D eigenvalue weighted by molar-refractivity contribution is 5.99. The molecule has 1 saturated carbocycles. The van der Waals surface area contributed by atoms with E-state index < -0.39 is 0 Å². The summed E-state index contributed by atoms with van der Waals surface area (Å²) in [5.41, 5.74) is 1.65. The van der Waals surface area contributed by atoms with Crippen LogP contribution in [0.5, 0.6) is 0 Å². The van der Waals surface area contributed by atoms with Crippen LogP contribution in [-0.4, -0.2) is 23.4 Å². The first-order valence-electron chi connectivity index (χ1n) is 6.44. The fraction of sp³-hybridized carbons (Fsp3) is 0.333. The highest BCUT2D eigenvalue weighted by Gasteiger charge is 2.20. The fourth-order valence-corrected chi connectivity index (χ4v) is 2.06. The Labute approximate surface area is 106 Å². The van der Waals surface area contributed by atoms with Crippen molar-refractivity contribution in [2.45, 2.75) is 25.3 Å². The average Bonchev–Trinajstić information content (AvgIpc) is 3.22. The van der Waals surface area contributed by atoms with Crippen molar-refractivity contribution in [3.63, 3.8) is 0 Å². The predicted molar refractivity (Wildman–Crippen MR) is 71.7 cm³/mol. The van der Waals surface area contributed by atoms with Crippen molar-refractivity contribution < 1.29 is 4.79 Å². The van der Waals surface area contributed by atoms with Crippen molar-refractivity contribution >= 4 is 16.7 Å². The average molecular weight is 240 g/mol. The van der Waals surface area contributed by atoms with E-state index in [1.165, 1.54) is 12.8 Å². The van der Waals surface area contributed by atoms with Gasteiger partial charge in [0, 0.05) is 36.2 Å². The minimum Gasteiger partial charge on any atom is -0.314 e. The molecule has 92 valence electrons. The first-order chi connectivity index (χ1) is 8.83. The molecule has 1 aliphatic rings. The number of nitrogens with one attached hydrogen (secondary N) is 1. The number of rotatable bonds is 5. The SMILES string of the molecule is O=C(CCNC1CC1)c1ccc2cccnc2c1. The number of pyridine rings is 1. The van der Waals surface area contributed by atoms with Gasteiger partial charge >= 0.3 is 0 Å². The van der Waals surface area contributed by atoms with Crippen molar-refractivity contribution in [3.05, 3.63) is 42.1 Å². The van der Waals surface area contributed by atoms with E-state index in [0.29, 0.717) is 12.5 Å². The van der Waals surface area contributed by atoms with Gasteiger partial charge in [0.2, 0.25) is 0 Å². The van der Waals surface area contributed by atoms with E-state index in [9.17, 15) is 4.79 Å². The summed E-state index contributed by atoms with van der Waals surface area (Å²) in [7, 11) is 0. The molecule has 0 spiro atoms. The number of carbonyl (C=O) groups is 1. The topological polar surface area (TPSA) is 42.0 Å². The summed E-state index contributed by atoms with van der Waals surface area (Å²) < 4.78 is 0. The molecule has 2 aromatic rings. The second-order valence-electron chi connectivity index (χ2n) is 4.81. The van der Waals surface area contributed by atoms with E-state index >= 15 is 0 Å². The molecule has 1 aromatic heterocycles. The van der Waals surface area contributed by atoms with Gasteiger partial charge in [-0.3, -0.25) is 9.78 Å². The smallest absolute Gasteiger partial charge is 0.164 e. The van der Waals surface area contributed by atoms with Crippen molar-refractivity contribution in [2.75, 3.05) is 6.54 Å². The van der Waals surface area contributed by atoms with Gasteiger partial charge in [0.1, 0.15) is 0 Å². The maximum atomic E-state index is 12.0. The lowest BCUT2D eigenvalue weighted by Crippen LogP contribution is -2.20. The van der Waals surface area contributed by atoms with E-state index in [-0.39, 0.29) is 5.78 Å². The Kier molecular flexibility index (Phi) is 3.07. The maximum absolute atomic E-state index is 12.0. The molecule has 3 rings (SSSR count). The van der Waals surface area contributed by atoms with Gasteiger partial charge in [-0.2, -0.15) is 0 Å². The summed E-state index contributed by atoms with van der Waals surface area (Å²) in [6, 6.07) is 10.3. The molecule has 3 nitrogen and oxygen atoms in total. The number of nitrogens with zero attached hydrogens (tertiary/aromatic N) is 1. The van der Waals surface area contributed by atoms with Gasteiger partial charge in [0.05, 0.1) is 5.52 Å². The number of ketones is 1. The monoisotopic (exact) mass is 240 g/mol. The highest BCUT2D eigenvalue weighted by atomic mass is 16.1. The van der Waals surface area contributed by atoms with E-state index in [2.05, 4.69) is 10.3 Å². The number of carbonyl (C=O) groups excluding carboxylic acids is 1. The largest absolute Gasteiger partial charge is 0.314 e. The molecule has 1 aliphatic carbocycles. The van der Waals surface area contributed by atoms with Gasteiger partial charge in [0.15, 0.2) is 5.78 Å². The van der Waals surface area contributed by atoms with Crippen LogP contribution < -0.4 is 5.32 Å². The summed E-state index contributed by atoms with van der Waals surface area (Å²) in [5, 5.41) is 4.43. The minimum atomic E-state index is 0.190. The second-order valence-corrected chi connectivity index (χ2v) is 4.81. The Balaban J connectivity index is 1.69. The molecule has 0 atom stereocenters. The Morgan fingerprint density at radius 3 is 3.06 bits per heavy atom. The Hall–Kier alpha value is -1.74. The van der Waals surface area contributed by atoms with Gasteiger partial charge in [-0.15, -0.1) is 0 Å². The van der Waals surface area contributed by atoms with Crippen LogP contribution in [-0.2, 0) is 0 Å². The fourth-order valence-electron chi connectivity index (χ4n) is 2.06. The molecule has 0 radical (unpaired) electrons. The molecule has 0 aliphatic heterocycles. The summed E-state index contributed by atoms with van der Waals surface area (Å²) in [4.78, 5) is 16.3. The van der Waals surface area contributed by atoms with Crippen LogP contribution >= 0.6 is 0 Å². The molecule has 0 saturated heterocycles. The van der Waals surface area contributed by atoms with Crippen molar-refractivity contribution in [2.24, 2.45) is 0 Å². The molecule has 1 heterocycles. The first kappa shape index (κ1) is 11.4. The van der Waals surface area contributed by atoms with Gasteiger partial charge in [-0.05, 0) is 25.0 Å². The molecule has 18 heavy (non-hydrogen) atoms. The van der Waals surface area contributed by atoms with Crippen LogP contribution in [0.2, 0.25) is 0 Å². The summed E-state index contributed by atoms with van der Waals surface area (Å²) in [5.74, 6) is 0.190. The second kappa shape index (κ2) is 4.86. The quantitative estimate of drug-likeness (QED) is 0.817. The summed E-state index contributed by atoms with van der Waals surface area (Å²) >= 11 is 0. The Morgan fingerprint density at radius 1 is 1.33 bits per heavy atom. The lowest BCUT2D eigenvalue weighted by molar-refractivity contribution is 0.0982. The third kappa shape index (κ3) is 2.57. The number of hydrogen-bond donors (Lipinski definition) is 1. The lowest BCUT2D eigenvalue weighted by atomic mass is 10.1. The zero-order chi connectivity index (χ0) is 12.4. The van der Waals surface area contributed by atoms with Gasteiger partial charge < -0.3 is 5.32 Å². The van der Waals surface area contributed by atoms with Crippen LogP contribution in [0.4, 0.5) is 0 Å². The zero-order valence-corrected chi connectivity index (χ0v) is 10.2. The Bertz CT molecular complexity index is 575. The minimum absolute atomic E-state index is 0.190. The predicted octanol–water partition coefficient (Wildman–Crippen LogP) is 2.56. The van der Waals surface area contributed by atoms with Crippen molar-refractivity contribution in [3.8, 4) is 0 Å². The number of aromatic nitrogens is 1. The lowest BCUT2D eigenvalue weighted by Gasteiger charge is -2.04. The van der Waals surface area contributed by atoms with Crippen LogP contribution in [0.3, 0.4) is 0 Å². The van der Waals surface area contributed by atoms with Crippen molar-refractivity contribution in [1.29, 1.82) is 0 Å². The summed E-state index contributed by atoms with van der Waals surface area (Å²) in [6.07, 6.45) is 4.84. The third-order valence-corrected chi connectivity index (χ3v) is 3.29. The van der Waals surface area contributed by atoms with E-state index in [0.717, 1.165) is 23.0 Å². The number of fused-ring (bicyclic) bond motifs is 1.